The molecule has 111 heavy (non-hydrogen) atoms. The Morgan fingerprint density at radius 3 is 1.84 bits per heavy atom. The molecular weight excluding hydrogens is 1450 g/mol. The Morgan fingerprint density at radius 2 is 1.27 bits per heavy atom. The van der Waals surface area contributed by atoms with E-state index in [2.05, 4.69) is 16.0 Å². The summed E-state index contributed by atoms with van der Waals surface area (Å²) in [6.45, 7) is 9.41. The second-order valence-corrected chi connectivity index (χ2v) is 34.2. The molecule has 32 heteroatoms. The van der Waals surface area contributed by atoms with Crippen LogP contribution < -0.4 is 16.0 Å². The van der Waals surface area contributed by atoms with Gasteiger partial charge in [-0.1, -0.05) is 78.9 Å². The van der Waals surface area contributed by atoms with Crippen LogP contribution in [0.5, 0.6) is 0 Å². The lowest BCUT2D eigenvalue weighted by molar-refractivity contribution is -0.215. The number of hydrogen-bond acceptors (Lipinski definition) is 14. The van der Waals surface area contributed by atoms with E-state index in [9.17, 15) is 50.3 Å². The predicted octanol–water partition coefficient (Wildman–Crippen LogP) is 7.00. The number of methoxy groups -OCH3 is 1. The van der Waals surface area contributed by atoms with Crippen LogP contribution in [-0.2, 0) is 67.0 Å². The van der Waals surface area contributed by atoms with Crippen LogP contribution in [0.2, 0.25) is 0 Å². The molecule has 1 spiro atoms. The average Bonchev–Trinajstić information content (AvgIpc) is 1.30. The molecule has 12 amide bonds. The molecule has 2 bridgehead atoms. The molecule has 8 rings (SSSR count). The van der Waals surface area contributed by atoms with Crippen LogP contribution in [-0.4, -0.2) is 289 Å². The SMILES string of the molecule is CCC[C@H]1C(=O)N[C@@H]([C@@H](C)CC)C(=O)N(C2CC2)CC(=O)N(C)[C@H]2C/C=C\CCN(C2=O)[C@@H](CC2CCC(C(F)(F)F)CC2)C(=O)N(C)CC(=O)N[C@@H](CCC2CCC(C(F)(F)F)C(OC)C2)C(=O)N2C[C@H](OCC)C[C@H]2C(=O)NC2(CC(C)(C)C2)C(=O)N(C)[C@@H](CC2CCC2)C(=O)N(C)[C@H](C(=O)N(C)C)CC(=O)N1C. The number of nitrogens with one attached hydrogen (secondary N) is 3. The van der Waals surface area contributed by atoms with Crippen LogP contribution in [0.15, 0.2) is 12.2 Å². The molecule has 0 aromatic carbocycles. The number of carbonyl (C=O) groups excluding carboxylic acids is 12. The molecule has 26 nitrogen and oxygen atoms in total. The monoisotopic (exact) mass is 1580 g/mol. The molecule has 626 valence electrons. The van der Waals surface area contributed by atoms with E-state index >= 15 is 33.6 Å². The molecule has 8 aliphatic rings. The number of amides is 12. The Hall–Kier alpha value is -7.12. The van der Waals surface area contributed by atoms with Crippen LogP contribution in [0.1, 0.15) is 202 Å². The van der Waals surface area contributed by atoms with Gasteiger partial charge in [0.15, 0.2) is 0 Å². The highest BCUT2D eigenvalue weighted by molar-refractivity contribution is 6.01. The number of halogens is 6. The molecule has 5 aliphatic carbocycles. The molecule has 3 aliphatic heterocycles. The number of hydrogen-bond donors (Lipinski definition) is 3. The molecule has 0 radical (unpaired) electrons. The van der Waals surface area contributed by atoms with Crippen molar-refractivity contribution in [3.05, 3.63) is 12.2 Å². The molecule has 7 fully saturated rings. The minimum absolute atomic E-state index is 0.0382. The third-order valence-corrected chi connectivity index (χ3v) is 25.3. The maximum atomic E-state index is 15.8. The van der Waals surface area contributed by atoms with Gasteiger partial charge in [-0.3, -0.25) is 57.5 Å². The maximum absolute atomic E-state index is 15.8. The summed E-state index contributed by atoms with van der Waals surface area (Å²) >= 11 is 0. The Bertz CT molecular complexity index is 3350. The fraction of sp³-hybridized carbons (Fsp3) is 0.823. The number of carbonyl (C=O) groups is 12. The molecule has 0 aromatic rings. The second kappa shape index (κ2) is 37.9. The first-order valence-corrected chi connectivity index (χ1v) is 40.4. The van der Waals surface area contributed by atoms with Crippen molar-refractivity contribution in [2.45, 2.75) is 287 Å². The van der Waals surface area contributed by atoms with E-state index in [0.29, 0.717) is 25.7 Å². The summed E-state index contributed by atoms with van der Waals surface area (Å²) in [6.07, 6.45) is -4.63. The lowest BCUT2D eigenvalue weighted by atomic mass is 9.58. The van der Waals surface area contributed by atoms with Crippen molar-refractivity contribution in [1.82, 2.24) is 60.0 Å². The van der Waals surface area contributed by atoms with Gasteiger partial charge in [0.2, 0.25) is 70.9 Å². The van der Waals surface area contributed by atoms with Crippen molar-refractivity contribution in [2.24, 2.45) is 40.9 Å². The molecule has 3 N–H and O–H groups in total. The fourth-order valence-electron chi connectivity index (χ4n) is 18.2. The van der Waals surface area contributed by atoms with Crippen LogP contribution in [0.3, 0.4) is 0 Å². The van der Waals surface area contributed by atoms with E-state index in [4.69, 9.17) is 9.47 Å². The third-order valence-electron chi connectivity index (χ3n) is 25.3. The summed E-state index contributed by atoms with van der Waals surface area (Å²) in [5, 5.41) is 8.79. The molecule has 3 heterocycles. The summed E-state index contributed by atoms with van der Waals surface area (Å²) in [4.78, 5) is 194. The van der Waals surface area contributed by atoms with Gasteiger partial charge in [0.1, 0.15) is 60.4 Å². The standard InChI is InChI=1S/C79H124F6N12O14/c1-15-22-56-67(101)87-66(47(4)16-2)74(108)96(52-32-33-52)44-65(100)92(11)57-25-19-18-20-36-95(73(57)107)61(38-49-26-30-51(31-27-49)78(80,81)82)71(105)90(9)43-63(98)86-55(35-29-50-28-34-54(79(83,84)85)62(39-50)110-14)69(103)97-42-53(111-17-3)40-58(97)68(102)88-77(45-76(5,6)46-77)75(109)94(13)59(37-48-23-21-24-48)72(106)93(12)60(70(104)89(7)8)41-64(99)91(56)10/h18-19,47-62,66H,15-17,20-46H2,1-14H3,(H,86,98)(H,87,101)(H,88,102)/b19-18-/t47-,49?,50?,51?,53+,54?,55-,56-,57-,58-,59-,60-,61-,62?,66-/m0/s1. The third kappa shape index (κ3) is 21.9. The summed E-state index contributed by atoms with van der Waals surface area (Å²) < 4.78 is 97.2. The zero-order valence-corrected chi connectivity index (χ0v) is 67.7. The molecule has 2 saturated heterocycles. The van der Waals surface area contributed by atoms with Crippen molar-refractivity contribution >= 4 is 70.9 Å². The molecule has 0 aromatic heterocycles. The first-order valence-electron chi connectivity index (χ1n) is 40.4. The largest absolute Gasteiger partial charge is 0.394 e. The normalized spacial score (nSPS) is 31.8. The van der Waals surface area contributed by atoms with E-state index in [0.717, 1.165) is 29.1 Å². The van der Waals surface area contributed by atoms with E-state index in [-0.39, 0.29) is 135 Å². The van der Waals surface area contributed by atoms with Crippen molar-refractivity contribution in [3.63, 3.8) is 0 Å². The van der Waals surface area contributed by atoms with Crippen molar-refractivity contribution in [2.75, 3.05) is 89.2 Å². The molecular formula is C79H124F6N12O14. The van der Waals surface area contributed by atoms with E-state index in [1.807, 2.05) is 20.8 Å². The van der Waals surface area contributed by atoms with Gasteiger partial charge in [0.25, 0.3) is 0 Å². The van der Waals surface area contributed by atoms with E-state index < -0.39 is 210 Å². The summed E-state index contributed by atoms with van der Waals surface area (Å²) in [6, 6.07) is -11.3. The topological polar surface area (TPSA) is 289 Å². The van der Waals surface area contributed by atoms with Gasteiger partial charge in [-0.2, -0.15) is 26.3 Å². The number of ether oxygens (including phenoxy) is 2. The smallest absolute Gasteiger partial charge is 0.381 e. The van der Waals surface area contributed by atoms with E-state index in [1.165, 1.54) is 90.7 Å². The first-order chi connectivity index (χ1) is 52.1. The zero-order chi connectivity index (χ0) is 82.1. The van der Waals surface area contributed by atoms with Crippen LogP contribution in [0.4, 0.5) is 26.3 Å². The van der Waals surface area contributed by atoms with Crippen LogP contribution in [0.25, 0.3) is 0 Å². The number of fused-ring (bicyclic) bond motifs is 3. The quantitative estimate of drug-likeness (QED) is 0.104. The van der Waals surface area contributed by atoms with Gasteiger partial charge >= 0.3 is 12.4 Å². The Balaban J connectivity index is 1.22. The van der Waals surface area contributed by atoms with Gasteiger partial charge < -0.3 is 69.5 Å². The lowest BCUT2D eigenvalue weighted by Crippen LogP contribution is -2.71. The van der Waals surface area contributed by atoms with Crippen LogP contribution in [0, 0.1) is 40.9 Å². The van der Waals surface area contributed by atoms with Crippen molar-refractivity contribution < 1.29 is 93.4 Å². The van der Waals surface area contributed by atoms with Crippen molar-refractivity contribution in [3.8, 4) is 0 Å². The molecule has 3 unspecified atom stereocenters. The van der Waals surface area contributed by atoms with Crippen LogP contribution >= 0.6 is 0 Å². The number of likely N-dealkylation sites (N-methyl/N-ethyl adjacent to an activating group) is 6. The predicted molar refractivity (Wildman–Crippen MR) is 398 cm³/mol. The lowest BCUT2D eigenvalue weighted by Gasteiger charge is -2.54. The highest BCUT2D eigenvalue weighted by Crippen LogP contribution is 2.50. The van der Waals surface area contributed by atoms with Gasteiger partial charge in [-0.05, 0) is 152 Å². The number of alkyl halides is 6. The number of nitrogens with zero attached hydrogens (tertiary/aromatic N) is 9. The van der Waals surface area contributed by atoms with Gasteiger partial charge in [-0.25, -0.2) is 0 Å². The minimum atomic E-state index is -4.57. The minimum Gasteiger partial charge on any atom is -0.381 e. The van der Waals surface area contributed by atoms with E-state index in [1.54, 1.807) is 32.9 Å². The second-order valence-electron chi connectivity index (χ2n) is 34.2. The summed E-state index contributed by atoms with van der Waals surface area (Å²) in [5.41, 5.74) is -2.26. The highest BCUT2D eigenvalue weighted by Gasteiger charge is 2.59. The summed E-state index contributed by atoms with van der Waals surface area (Å²) in [5.74, 6) is -13.6. The Morgan fingerprint density at radius 1 is 0.631 bits per heavy atom. The molecule has 13 atom stereocenters. The number of rotatable bonds is 16. The van der Waals surface area contributed by atoms with Crippen molar-refractivity contribution in [1.29, 1.82) is 0 Å². The van der Waals surface area contributed by atoms with Gasteiger partial charge in [0.05, 0.1) is 37.0 Å². The Kier molecular flexibility index (Phi) is 30.5. The highest BCUT2D eigenvalue weighted by atomic mass is 19.4. The maximum Gasteiger partial charge on any atom is 0.394 e. The summed E-state index contributed by atoms with van der Waals surface area (Å²) in [7, 11) is 11.0. The molecule has 5 saturated carbocycles. The zero-order valence-electron chi connectivity index (χ0n) is 67.7. The fourth-order valence-corrected chi connectivity index (χ4v) is 18.2. The first kappa shape index (κ1) is 89.4. The Labute approximate surface area is 650 Å². The van der Waals surface area contributed by atoms with Gasteiger partial charge in [0, 0.05) is 88.6 Å². The average molecular weight is 1580 g/mol. The van der Waals surface area contributed by atoms with Gasteiger partial charge in [-0.15, -0.1) is 0 Å².